The molecule has 2 heterocycles. The number of ether oxygens (including phenoxy) is 1. The van der Waals surface area contributed by atoms with E-state index in [9.17, 15) is 14.2 Å². The molecule has 26 heavy (non-hydrogen) atoms. The summed E-state index contributed by atoms with van der Waals surface area (Å²) in [7, 11) is -2.55. The quantitative estimate of drug-likeness (QED) is 0.524. The van der Waals surface area contributed by atoms with Gasteiger partial charge in [-0.2, -0.15) is 0 Å². The van der Waals surface area contributed by atoms with E-state index in [0.717, 1.165) is 4.88 Å². The van der Waals surface area contributed by atoms with Crippen LogP contribution in [0.1, 0.15) is 25.1 Å². The number of hydrogen-bond acceptors (Lipinski definition) is 8. The average molecular weight is 405 g/mol. The van der Waals surface area contributed by atoms with Crippen molar-refractivity contribution < 1.29 is 32.5 Å². The number of methoxy groups -OCH3 is 1. The van der Waals surface area contributed by atoms with Crippen molar-refractivity contribution in [3.8, 4) is 0 Å². The number of carbonyl (C=O) groups excluding carboxylic acids is 2. The highest BCUT2D eigenvalue weighted by molar-refractivity contribution is 7.48. The first-order valence-corrected chi connectivity index (χ1v) is 10.5. The van der Waals surface area contributed by atoms with Crippen molar-refractivity contribution >= 4 is 31.0 Å². The van der Waals surface area contributed by atoms with Crippen LogP contribution in [0.3, 0.4) is 0 Å². The minimum Gasteiger partial charge on any atom is -0.469 e. The minimum absolute atomic E-state index is 0.0425. The molecule has 2 rings (SSSR count). The molecule has 0 saturated carbocycles. The average Bonchev–Trinajstić information content (AvgIpc) is 3.10. The van der Waals surface area contributed by atoms with Gasteiger partial charge in [0.25, 0.3) is 0 Å². The third-order valence-electron chi connectivity index (χ3n) is 3.81. The first-order chi connectivity index (χ1) is 12.3. The lowest BCUT2D eigenvalue weighted by molar-refractivity contribution is -0.143. The number of hydrogen-bond donors (Lipinski definition) is 1. The van der Waals surface area contributed by atoms with Crippen molar-refractivity contribution in [3.63, 3.8) is 0 Å². The van der Waals surface area contributed by atoms with Crippen LogP contribution in [-0.4, -0.2) is 44.8 Å². The topological polar surface area (TPSA) is 100 Å². The van der Waals surface area contributed by atoms with E-state index in [0.29, 0.717) is 6.42 Å². The van der Waals surface area contributed by atoms with E-state index in [1.165, 1.54) is 7.11 Å². The number of nitrogens with one attached hydrogen (secondary N) is 1. The lowest BCUT2D eigenvalue weighted by Gasteiger charge is -2.39. The van der Waals surface area contributed by atoms with Crippen molar-refractivity contribution in [2.75, 3.05) is 26.9 Å². The summed E-state index contributed by atoms with van der Waals surface area (Å²) in [5.74, 6) is -0.899. The lowest BCUT2D eigenvalue weighted by atomic mass is 9.87. The number of thiophene rings is 1. The molecule has 8 nitrogen and oxygen atoms in total. The second-order valence-electron chi connectivity index (χ2n) is 6.47. The van der Waals surface area contributed by atoms with Crippen LogP contribution in [0.4, 0.5) is 0 Å². The molecule has 2 atom stereocenters. The van der Waals surface area contributed by atoms with Crippen LogP contribution in [0.2, 0.25) is 0 Å². The van der Waals surface area contributed by atoms with Gasteiger partial charge in [-0.25, -0.2) is 4.57 Å². The third kappa shape index (κ3) is 5.89. The molecule has 0 bridgehead atoms. The molecule has 146 valence electrons. The fourth-order valence-electron chi connectivity index (χ4n) is 2.29. The van der Waals surface area contributed by atoms with Gasteiger partial charge in [0.1, 0.15) is 0 Å². The Balaban J connectivity index is 1.90. The number of amides is 1. The zero-order chi connectivity index (χ0) is 19.2. The van der Waals surface area contributed by atoms with Crippen molar-refractivity contribution in [3.05, 3.63) is 22.4 Å². The first-order valence-electron chi connectivity index (χ1n) is 8.20. The Morgan fingerprint density at radius 1 is 1.46 bits per heavy atom. The van der Waals surface area contributed by atoms with Gasteiger partial charge < -0.3 is 10.1 Å². The third-order valence-corrected chi connectivity index (χ3v) is 6.16. The van der Waals surface area contributed by atoms with Crippen molar-refractivity contribution in [2.24, 2.45) is 5.41 Å². The summed E-state index contributed by atoms with van der Waals surface area (Å²) in [5.41, 5.74) is -0.694. The molecule has 1 saturated heterocycles. The van der Waals surface area contributed by atoms with E-state index in [-0.39, 0.29) is 26.2 Å². The van der Waals surface area contributed by atoms with Crippen LogP contribution in [-0.2, 0) is 38.9 Å². The van der Waals surface area contributed by atoms with E-state index >= 15 is 0 Å². The molecule has 1 fully saturated rings. The highest BCUT2D eigenvalue weighted by atomic mass is 32.1. The maximum Gasteiger partial charge on any atom is 0.475 e. The predicted octanol–water partition coefficient (Wildman–Crippen LogP) is 2.54. The summed E-state index contributed by atoms with van der Waals surface area (Å²) >= 11 is 1.57. The van der Waals surface area contributed by atoms with Crippen LogP contribution in [0.15, 0.2) is 17.5 Å². The zero-order valence-corrected chi connectivity index (χ0v) is 16.8. The highest BCUT2D eigenvalue weighted by Gasteiger charge is 2.48. The Hall–Kier alpha value is -1.25. The van der Waals surface area contributed by atoms with Crippen LogP contribution in [0, 0.1) is 5.41 Å². The van der Waals surface area contributed by atoms with Crippen LogP contribution in [0.25, 0.3) is 0 Å². The molecule has 0 aromatic carbocycles. The Morgan fingerprint density at radius 3 is 2.88 bits per heavy atom. The highest BCUT2D eigenvalue weighted by Crippen LogP contribution is 2.57. The number of rotatable bonds is 8. The maximum atomic E-state index is 12.7. The summed E-state index contributed by atoms with van der Waals surface area (Å²) in [6.45, 7) is 3.86. The molecule has 1 aliphatic heterocycles. The molecule has 1 aromatic heterocycles. The predicted molar refractivity (Wildman–Crippen MR) is 95.8 cm³/mol. The van der Waals surface area contributed by atoms with E-state index in [1.54, 1.807) is 25.2 Å². The van der Waals surface area contributed by atoms with E-state index in [2.05, 4.69) is 10.1 Å². The first kappa shape index (κ1) is 21.1. The van der Waals surface area contributed by atoms with Crippen LogP contribution >= 0.6 is 19.2 Å². The van der Waals surface area contributed by atoms with Gasteiger partial charge in [0.05, 0.1) is 26.7 Å². The van der Waals surface area contributed by atoms with Gasteiger partial charge in [-0.05, 0) is 11.4 Å². The number of phosphoric acid groups is 1. The van der Waals surface area contributed by atoms with Gasteiger partial charge in [0.2, 0.25) is 5.91 Å². The summed E-state index contributed by atoms with van der Waals surface area (Å²) in [6, 6.07) is 3.88. The fourth-order valence-corrected chi connectivity index (χ4v) is 4.62. The molecule has 1 amide bonds. The number of phosphoric ester groups is 1. The van der Waals surface area contributed by atoms with Crippen molar-refractivity contribution in [2.45, 2.75) is 32.8 Å². The summed E-state index contributed by atoms with van der Waals surface area (Å²) in [6.07, 6.45) is -0.393. The number of esters is 1. The maximum absolute atomic E-state index is 12.7. The number of carbonyl (C=O) groups is 2. The van der Waals surface area contributed by atoms with E-state index < -0.39 is 31.2 Å². The standard InChI is InChI=1S/C16H24NO7PS/c1-16(2)11-23-25(20,22-9-7-12-5-4-10-26-12)24-14(16)15(19)17-8-6-13(18)21-3/h4-5,10,14H,6-9,11H2,1-3H3,(H,17,19)/t14-,25?/m0/s1. The summed E-state index contributed by atoms with van der Waals surface area (Å²) in [4.78, 5) is 24.6. The molecule has 0 aliphatic carbocycles. The molecule has 1 unspecified atom stereocenters. The fraction of sp³-hybridized carbons (Fsp3) is 0.625. The molecular formula is C16H24NO7PS. The van der Waals surface area contributed by atoms with E-state index in [1.807, 2.05) is 17.5 Å². The van der Waals surface area contributed by atoms with Gasteiger partial charge in [0.15, 0.2) is 6.10 Å². The second-order valence-corrected chi connectivity index (χ2v) is 9.13. The van der Waals surface area contributed by atoms with Gasteiger partial charge >= 0.3 is 13.8 Å². The monoisotopic (exact) mass is 405 g/mol. The van der Waals surface area contributed by atoms with Crippen LogP contribution in [0.5, 0.6) is 0 Å². The van der Waals surface area contributed by atoms with Gasteiger partial charge in [-0.3, -0.25) is 23.2 Å². The minimum atomic E-state index is -3.83. The van der Waals surface area contributed by atoms with Crippen molar-refractivity contribution in [1.82, 2.24) is 5.32 Å². The molecule has 1 aromatic rings. The van der Waals surface area contributed by atoms with E-state index in [4.69, 9.17) is 13.6 Å². The zero-order valence-electron chi connectivity index (χ0n) is 15.1. The summed E-state index contributed by atoms with van der Waals surface area (Å²) in [5, 5.41) is 4.54. The largest absolute Gasteiger partial charge is 0.475 e. The summed E-state index contributed by atoms with van der Waals surface area (Å²) < 4.78 is 33.3. The van der Waals surface area contributed by atoms with Gasteiger partial charge in [-0.1, -0.05) is 19.9 Å². The Kier molecular flexibility index (Phi) is 7.37. The molecule has 10 heteroatoms. The van der Waals surface area contributed by atoms with Gasteiger partial charge in [-0.15, -0.1) is 11.3 Å². The Labute approximate surface area is 156 Å². The lowest BCUT2D eigenvalue weighted by Crippen LogP contribution is -2.50. The van der Waals surface area contributed by atoms with Crippen LogP contribution < -0.4 is 5.32 Å². The molecule has 0 spiro atoms. The molecular weight excluding hydrogens is 381 g/mol. The van der Waals surface area contributed by atoms with Crippen molar-refractivity contribution in [1.29, 1.82) is 0 Å². The second kappa shape index (κ2) is 9.10. The molecule has 1 N–H and O–H groups in total. The normalized spacial score (nSPS) is 24.8. The van der Waals surface area contributed by atoms with Gasteiger partial charge in [0, 0.05) is 23.3 Å². The SMILES string of the molecule is COC(=O)CCNC(=O)[C@@H]1OP(=O)(OCCc2cccs2)OCC1(C)C. The Morgan fingerprint density at radius 2 is 2.23 bits per heavy atom. The Bertz CT molecular complexity index is 662. The smallest absolute Gasteiger partial charge is 0.469 e. The molecule has 1 aliphatic rings. The molecule has 0 radical (unpaired) electrons.